The molecule has 0 aliphatic carbocycles. The van der Waals surface area contributed by atoms with Crippen molar-refractivity contribution >= 4 is 39.7 Å². The number of nitrogens with one attached hydrogen (secondary N) is 1. The van der Waals surface area contributed by atoms with E-state index in [1.54, 1.807) is 6.07 Å². The van der Waals surface area contributed by atoms with Gasteiger partial charge >= 0.3 is 5.97 Å². The van der Waals surface area contributed by atoms with Crippen molar-refractivity contribution in [3.05, 3.63) is 21.6 Å². The molecule has 0 aromatic carbocycles. The van der Waals surface area contributed by atoms with Gasteiger partial charge in [-0.05, 0) is 22.6 Å². The highest BCUT2D eigenvalue weighted by Crippen LogP contribution is 2.24. The number of carboxylic acids is 1. The van der Waals surface area contributed by atoms with E-state index < -0.39 is 5.97 Å². The van der Waals surface area contributed by atoms with E-state index in [-0.39, 0.29) is 5.69 Å². The van der Waals surface area contributed by atoms with Crippen molar-refractivity contribution in [2.24, 2.45) is 0 Å². The lowest BCUT2D eigenvalue weighted by Gasteiger charge is -1.87. The second-order valence-electron chi connectivity index (χ2n) is 2.28. The van der Waals surface area contributed by atoms with E-state index in [0.29, 0.717) is 9.15 Å². The van der Waals surface area contributed by atoms with E-state index in [4.69, 9.17) is 9.52 Å². The van der Waals surface area contributed by atoms with E-state index in [9.17, 15) is 4.79 Å². The molecule has 2 heterocycles. The quantitative estimate of drug-likeness (QED) is 0.784. The molecule has 0 spiro atoms. The summed E-state index contributed by atoms with van der Waals surface area (Å²) in [5.41, 5.74) is 1.51. The molecule has 0 atom stereocenters. The van der Waals surface area contributed by atoms with Gasteiger partial charge in [0.25, 0.3) is 0 Å². The van der Waals surface area contributed by atoms with E-state index in [1.165, 1.54) is 6.26 Å². The third kappa shape index (κ3) is 0.927. The first-order valence-electron chi connectivity index (χ1n) is 3.18. The van der Waals surface area contributed by atoms with Crippen molar-refractivity contribution in [1.82, 2.24) is 4.98 Å². The zero-order valence-corrected chi connectivity index (χ0v) is 7.95. The van der Waals surface area contributed by atoms with Gasteiger partial charge in [0.05, 0.1) is 15.4 Å². The molecule has 0 unspecified atom stereocenters. The van der Waals surface area contributed by atoms with Crippen LogP contribution in [0, 0.1) is 3.57 Å². The Bertz CT molecular complexity index is 442. The van der Waals surface area contributed by atoms with Crippen LogP contribution in [0.1, 0.15) is 10.5 Å². The van der Waals surface area contributed by atoms with Crippen LogP contribution in [0.25, 0.3) is 11.1 Å². The topological polar surface area (TPSA) is 66.2 Å². The molecular weight excluding hydrogens is 273 g/mol. The standard InChI is InChI=1S/C7H4INO3/c8-4-5(7(10)11)9-3-1-2-12-6(3)4/h1-2,9H,(H,10,11). The fourth-order valence-corrected chi connectivity index (χ4v) is 1.81. The van der Waals surface area contributed by atoms with Gasteiger partial charge in [-0.2, -0.15) is 0 Å². The molecule has 2 aromatic rings. The minimum Gasteiger partial charge on any atom is -0.477 e. The van der Waals surface area contributed by atoms with Gasteiger partial charge in [0.1, 0.15) is 5.69 Å². The Morgan fingerprint density at radius 3 is 3.00 bits per heavy atom. The number of aromatic carboxylic acids is 1. The largest absolute Gasteiger partial charge is 0.477 e. The average Bonchev–Trinajstić information content (AvgIpc) is 2.53. The molecule has 62 valence electrons. The highest BCUT2D eigenvalue weighted by Gasteiger charge is 2.16. The molecular formula is C7H4INO3. The average molecular weight is 277 g/mol. The van der Waals surface area contributed by atoms with Gasteiger partial charge in [-0.25, -0.2) is 4.79 Å². The van der Waals surface area contributed by atoms with Crippen molar-refractivity contribution in [2.45, 2.75) is 0 Å². The highest BCUT2D eigenvalue weighted by molar-refractivity contribution is 14.1. The van der Waals surface area contributed by atoms with Gasteiger partial charge in [0.15, 0.2) is 5.58 Å². The van der Waals surface area contributed by atoms with Crippen molar-refractivity contribution < 1.29 is 14.3 Å². The fraction of sp³-hybridized carbons (Fsp3) is 0. The molecule has 2 rings (SSSR count). The summed E-state index contributed by atoms with van der Waals surface area (Å²) in [5.74, 6) is -0.967. The van der Waals surface area contributed by atoms with Crippen molar-refractivity contribution in [2.75, 3.05) is 0 Å². The van der Waals surface area contributed by atoms with Crippen LogP contribution < -0.4 is 0 Å². The van der Waals surface area contributed by atoms with Crippen LogP contribution in [-0.4, -0.2) is 16.1 Å². The SMILES string of the molecule is O=C(O)c1[nH]c2ccoc2c1I. The minimum absolute atomic E-state index is 0.185. The lowest BCUT2D eigenvalue weighted by Crippen LogP contribution is -1.98. The molecule has 5 heteroatoms. The van der Waals surface area contributed by atoms with Gasteiger partial charge in [-0.3, -0.25) is 0 Å². The van der Waals surface area contributed by atoms with E-state index in [2.05, 4.69) is 4.98 Å². The van der Waals surface area contributed by atoms with Crippen LogP contribution in [0.4, 0.5) is 0 Å². The maximum Gasteiger partial charge on any atom is 0.353 e. The Labute approximate surface area is 80.7 Å². The summed E-state index contributed by atoms with van der Waals surface area (Å²) in [6, 6.07) is 1.70. The summed E-state index contributed by atoms with van der Waals surface area (Å²) in [4.78, 5) is 13.4. The smallest absolute Gasteiger partial charge is 0.353 e. The normalized spacial score (nSPS) is 10.8. The predicted molar refractivity (Wildman–Crippen MR) is 50.2 cm³/mol. The molecule has 4 nitrogen and oxygen atoms in total. The molecule has 2 N–H and O–H groups in total. The third-order valence-corrected chi connectivity index (χ3v) is 2.59. The zero-order chi connectivity index (χ0) is 8.72. The lowest BCUT2D eigenvalue weighted by atomic mass is 10.4. The van der Waals surface area contributed by atoms with Gasteiger partial charge in [0, 0.05) is 6.07 Å². The third-order valence-electron chi connectivity index (χ3n) is 1.56. The summed E-state index contributed by atoms with van der Waals surface area (Å²) < 4.78 is 5.69. The number of rotatable bonds is 1. The number of hydrogen-bond donors (Lipinski definition) is 2. The summed E-state index contributed by atoms with van der Waals surface area (Å²) in [5, 5.41) is 8.71. The Balaban J connectivity index is 2.78. The first kappa shape index (κ1) is 7.66. The maximum absolute atomic E-state index is 10.6. The van der Waals surface area contributed by atoms with Crippen molar-refractivity contribution in [3.8, 4) is 0 Å². The van der Waals surface area contributed by atoms with Crippen LogP contribution in [0.3, 0.4) is 0 Å². The summed E-state index contributed by atoms with van der Waals surface area (Å²) in [7, 11) is 0. The number of H-pyrrole nitrogens is 1. The first-order valence-corrected chi connectivity index (χ1v) is 4.26. The van der Waals surface area contributed by atoms with Crippen LogP contribution in [-0.2, 0) is 0 Å². The van der Waals surface area contributed by atoms with Gasteiger partial charge < -0.3 is 14.5 Å². The maximum atomic E-state index is 10.6. The number of aromatic amines is 1. The number of carbonyl (C=O) groups is 1. The van der Waals surface area contributed by atoms with E-state index in [0.717, 1.165) is 5.52 Å². The molecule has 12 heavy (non-hydrogen) atoms. The van der Waals surface area contributed by atoms with Gasteiger partial charge in [-0.1, -0.05) is 0 Å². The fourth-order valence-electron chi connectivity index (χ4n) is 1.03. The van der Waals surface area contributed by atoms with Crippen molar-refractivity contribution in [3.63, 3.8) is 0 Å². The number of carboxylic acid groups (broad SMARTS) is 1. The predicted octanol–water partition coefficient (Wildman–Crippen LogP) is 2.06. The van der Waals surface area contributed by atoms with Crippen molar-refractivity contribution in [1.29, 1.82) is 0 Å². The van der Waals surface area contributed by atoms with Crippen LogP contribution in [0.2, 0.25) is 0 Å². The summed E-state index contributed by atoms with van der Waals surface area (Å²) >= 11 is 1.94. The number of furan rings is 1. The molecule has 0 saturated carbocycles. The minimum atomic E-state index is -0.967. The zero-order valence-electron chi connectivity index (χ0n) is 5.80. The monoisotopic (exact) mass is 277 g/mol. The van der Waals surface area contributed by atoms with Crippen LogP contribution in [0.5, 0.6) is 0 Å². The Morgan fingerprint density at radius 1 is 1.67 bits per heavy atom. The molecule has 0 fully saturated rings. The molecule has 0 aliphatic rings. The molecule has 2 aromatic heterocycles. The lowest BCUT2D eigenvalue weighted by molar-refractivity contribution is 0.0690. The Morgan fingerprint density at radius 2 is 2.42 bits per heavy atom. The Hall–Kier alpha value is -0.980. The summed E-state index contributed by atoms with van der Waals surface area (Å²) in [6.45, 7) is 0. The first-order chi connectivity index (χ1) is 5.70. The Kier molecular flexibility index (Phi) is 1.60. The van der Waals surface area contributed by atoms with E-state index >= 15 is 0 Å². The second-order valence-corrected chi connectivity index (χ2v) is 3.36. The van der Waals surface area contributed by atoms with E-state index in [1.807, 2.05) is 22.6 Å². The highest BCUT2D eigenvalue weighted by atomic mass is 127. The molecule has 0 radical (unpaired) electrons. The molecule has 0 saturated heterocycles. The number of aromatic nitrogens is 1. The molecule has 0 aliphatic heterocycles. The van der Waals surface area contributed by atoms with Gasteiger partial charge in [0.2, 0.25) is 0 Å². The molecule has 0 bridgehead atoms. The number of halogens is 1. The second kappa shape index (κ2) is 2.51. The number of fused-ring (bicyclic) bond motifs is 1. The molecule has 0 amide bonds. The summed E-state index contributed by atoms with van der Waals surface area (Å²) in [6.07, 6.45) is 1.52. The van der Waals surface area contributed by atoms with Crippen LogP contribution >= 0.6 is 22.6 Å². The van der Waals surface area contributed by atoms with Gasteiger partial charge in [-0.15, -0.1) is 0 Å². The van der Waals surface area contributed by atoms with Crippen LogP contribution in [0.15, 0.2) is 16.7 Å². The number of hydrogen-bond acceptors (Lipinski definition) is 2.